The molecule has 2 amide bonds. The van der Waals surface area contributed by atoms with Gasteiger partial charge < -0.3 is 19.9 Å². The molecule has 3 N–H and O–H groups in total. The van der Waals surface area contributed by atoms with E-state index in [0.717, 1.165) is 17.7 Å². The Hall–Kier alpha value is -4.22. The first kappa shape index (κ1) is 27.0. The number of ketones is 1. The molecule has 10 nitrogen and oxygen atoms in total. The quantitative estimate of drug-likeness (QED) is 0.369. The Labute approximate surface area is 237 Å². The van der Waals surface area contributed by atoms with Crippen molar-refractivity contribution in [2.45, 2.75) is 37.0 Å². The summed E-state index contributed by atoms with van der Waals surface area (Å²) in [5.74, 6) is -0.295. The number of anilines is 2. The molecule has 3 heterocycles. The fourth-order valence-electron chi connectivity index (χ4n) is 5.63. The zero-order valence-corrected chi connectivity index (χ0v) is 23.2. The molecule has 1 aliphatic carbocycles. The number of carbonyl (C=O) groups excluding carboxylic acids is 3. The first-order valence-corrected chi connectivity index (χ1v) is 15.2. The van der Waals surface area contributed by atoms with Crippen molar-refractivity contribution in [1.29, 1.82) is 0 Å². The molecule has 41 heavy (non-hydrogen) atoms. The Morgan fingerprint density at radius 2 is 1.83 bits per heavy atom. The molecule has 0 bridgehead atoms. The summed E-state index contributed by atoms with van der Waals surface area (Å²) in [6, 6.07) is 12.9. The van der Waals surface area contributed by atoms with Crippen molar-refractivity contribution in [3.05, 3.63) is 76.6 Å². The number of morpholine rings is 1. The van der Waals surface area contributed by atoms with Gasteiger partial charge in [0.1, 0.15) is 0 Å². The predicted molar refractivity (Wildman–Crippen MR) is 154 cm³/mol. The molecule has 1 aromatic heterocycles. The van der Waals surface area contributed by atoms with Crippen molar-refractivity contribution < 1.29 is 27.5 Å². The lowest BCUT2D eigenvalue weighted by molar-refractivity contribution is -0.135. The molecule has 0 saturated carbocycles. The number of aromatic nitrogens is 1. The Bertz CT molecular complexity index is 1670. The molecule has 2 aliphatic heterocycles. The molecule has 11 heteroatoms. The van der Waals surface area contributed by atoms with E-state index < -0.39 is 10.0 Å². The summed E-state index contributed by atoms with van der Waals surface area (Å²) in [6.07, 6.45) is 4.20. The van der Waals surface area contributed by atoms with Crippen molar-refractivity contribution in [2.75, 3.05) is 36.3 Å². The van der Waals surface area contributed by atoms with Gasteiger partial charge in [-0.15, -0.1) is 0 Å². The Kier molecular flexibility index (Phi) is 7.22. The number of nitrogens with one attached hydrogen (secondary N) is 3. The number of aromatic amines is 1. The van der Waals surface area contributed by atoms with E-state index in [9.17, 15) is 22.8 Å². The van der Waals surface area contributed by atoms with Crippen LogP contribution in [0.2, 0.25) is 0 Å². The normalized spacial score (nSPS) is 17.8. The third kappa shape index (κ3) is 5.42. The lowest BCUT2D eigenvalue weighted by Crippen LogP contribution is -2.40. The van der Waals surface area contributed by atoms with Crippen molar-refractivity contribution in [1.82, 2.24) is 9.88 Å². The smallest absolute Gasteiger partial charge is 0.261 e. The minimum absolute atomic E-state index is 0.00408. The van der Waals surface area contributed by atoms with Crippen molar-refractivity contribution >= 4 is 50.6 Å². The lowest BCUT2D eigenvalue weighted by Gasteiger charge is -2.27. The van der Waals surface area contributed by atoms with Crippen LogP contribution in [0.1, 0.15) is 52.1 Å². The maximum Gasteiger partial charge on any atom is 0.261 e. The molecule has 2 aromatic carbocycles. The molecule has 1 saturated heterocycles. The monoisotopic (exact) mass is 574 g/mol. The first-order chi connectivity index (χ1) is 19.8. The second kappa shape index (κ2) is 11.0. The number of rotatable bonds is 7. The van der Waals surface area contributed by atoms with Gasteiger partial charge in [-0.1, -0.05) is 18.2 Å². The van der Waals surface area contributed by atoms with Gasteiger partial charge in [-0.2, -0.15) is 0 Å². The van der Waals surface area contributed by atoms with Crippen LogP contribution in [0.4, 0.5) is 11.4 Å². The Morgan fingerprint density at radius 1 is 1.05 bits per heavy atom. The number of aryl methyl sites for hydroxylation is 1. The van der Waals surface area contributed by atoms with Crippen LogP contribution in [0.3, 0.4) is 0 Å². The van der Waals surface area contributed by atoms with Gasteiger partial charge in [0.05, 0.1) is 23.7 Å². The number of ether oxygens (including phenoxy) is 1. The third-order valence-corrected chi connectivity index (χ3v) is 9.07. The van der Waals surface area contributed by atoms with Crippen LogP contribution in [0.5, 0.6) is 0 Å². The van der Waals surface area contributed by atoms with E-state index in [0.29, 0.717) is 79.3 Å². The van der Waals surface area contributed by atoms with Gasteiger partial charge in [-0.3, -0.25) is 19.1 Å². The molecule has 6 rings (SSSR count). The number of carbonyl (C=O) groups is 3. The van der Waals surface area contributed by atoms with E-state index in [1.807, 2.05) is 0 Å². The number of hydrogen-bond donors (Lipinski definition) is 3. The summed E-state index contributed by atoms with van der Waals surface area (Å²) in [5.41, 5.74) is 4.55. The highest BCUT2D eigenvalue weighted by molar-refractivity contribution is 7.92. The van der Waals surface area contributed by atoms with Crippen molar-refractivity contribution in [3.8, 4) is 0 Å². The lowest BCUT2D eigenvalue weighted by atomic mass is 9.91. The zero-order valence-electron chi connectivity index (χ0n) is 22.4. The maximum absolute atomic E-state index is 13.1. The molecular weight excluding hydrogens is 544 g/mol. The van der Waals surface area contributed by atoms with Crippen molar-refractivity contribution in [3.63, 3.8) is 0 Å². The number of H-pyrrole nitrogens is 1. The van der Waals surface area contributed by atoms with E-state index in [4.69, 9.17) is 4.74 Å². The second-order valence-corrected chi connectivity index (χ2v) is 12.0. The number of benzene rings is 2. The number of hydrogen-bond acceptors (Lipinski definition) is 6. The average molecular weight is 575 g/mol. The molecule has 0 radical (unpaired) electrons. The fraction of sp³-hybridized carbons (Fsp3) is 0.300. The fourth-order valence-corrected chi connectivity index (χ4v) is 6.70. The highest BCUT2D eigenvalue weighted by atomic mass is 32.2. The van der Waals surface area contributed by atoms with Crippen LogP contribution in [-0.4, -0.2) is 62.2 Å². The van der Waals surface area contributed by atoms with Gasteiger partial charge in [0, 0.05) is 59.8 Å². The summed E-state index contributed by atoms with van der Waals surface area (Å²) in [5, 5.41) is 2.83. The van der Waals surface area contributed by atoms with E-state index in [2.05, 4.69) is 15.0 Å². The van der Waals surface area contributed by atoms with E-state index >= 15 is 0 Å². The first-order valence-electron chi connectivity index (χ1n) is 13.7. The number of nitrogens with zero attached hydrogens (tertiary/aromatic N) is 1. The summed E-state index contributed by atoms with van der Waals surface area (Å²) in [7, 11) is -3.82. The van der Waals surface area contributed by atoms with Crippen LogP contribution in [0.25, 0.3) is 11.6 Å². The summed E-state index contributed by atoms with van der Waals surface area (Å²) in [6.45, 7) is 2.12. The highest BCUT2D eigenvalue weighted by Gasteiger charge is 2.30. The summed E-state index contributed by atoms with van der Waals surface area (Å²) in [4.78, 5) is 44.2. The molecule has 0 spiro atoms. The minimum atomic E-state index is -3.82. The molecule has 3 aromatic rings. The number of sulfonamides is 1. The highest BCUT2D eigenvalue weighted by Crippen LogP contribution is 2.37. The van der Waals surface area contributed by atoms with Crippen molar-refractivity contribution in [2.24, 2.45) is 0 Å². The molecule has 0 atom stereocenters. The third-order valence-electron chi connectivity index (χ3n) is 7.67. The average Bonchev–Trinajstić information content (AvgIpc) is 3.49. The summed E-state index contributed by atoms with van der Waals surface area (Å²) < 4.78 is 33.7. The van der Waals surface area contributed by atoms with Crippen LogP contribution in [0.15, 0.2) is 53.4 Å². The van der Waals surface area contributed by atoms with Crippen LogP contribution < -0.4 is 10.0 Å². The van der Waals surface area contributed by atoms with E-state index in [1.54, 1.807) is 47.4 Å². The number of Topliss-reactive ketones (excluding diaryl/α,β-unsaturated/α-hetero) is 1. The number of amides is 2. The van der Waals surface area contributed by atoms with E-state index in [1.165, 1.54) is 12.1 Å². The van der Waals surface area contributed by atoms with Gasteiger partial charge in [-0.25, -0.2) is 8.42 Å². The molecular formula is C30H30N4O6S. The van der Waals surface area contributed by atoms with Gasteiger partial charge in [0.2, 0.25) is 5.91 Å². The topological polar surface area (TPSA) is 138 Å². The molecule has 3 aliphatic rings. The maximum atomic E-state index is 13.1. The minimum Gasteiger partial charge on any atom is -0.378 e. The summed E-state index contributed by atoms with van der Waals surface area (Å²) >= 11 is 0. The second-order valence-electron chi connectivity index (χ2n) is 10.3. The number of fused-ring (bicyclic) bond motifs is 2. The van der Waals surface area contributed by atoms with Gasteiger partial charge in [-0.05, 0) is 61.2 Å². The molecule has 1 fully saturated rings. The van der Waals surface area contributed by atoms with Gasteiger partial charge >= 0.3 is 0 Å². The van der Waals surface area contributed by atoms with Gasteiger partial charge in [0.25, 0.3) is 15.9 Å². The molecule has 212 valence electrons. The largest absolute Gasteiger partial charge is 0.378 e. The Morgan fingerprint density at radius 3 is 2.61 bits per heavy atom. The zero-order chi connectivity index (χ0) is 28.6. The van der Waals surface area contributed by atoms with Crippen LogP contribution >= 0.6 is 0 Å². The standard InChI is InChI=1S/C30H30N4O6S/c35-27-8-4-7-25-29(27)21(10-12-28(36)34-13-15-40-16-14-34)26(31-25)18-23-22-17-19(9-11-24(22)32-30(23)37)33-41(38,39)20-5-2-1-3-6-20/h1-3,5-6,9,11,17-18,31,33H,4,7-8,10,12-16H2,(H,32,37)/b23-18-. The SMILES string of the molecule is O=C1Nc2ccc(NS(=O)(=O)c3ccccc3)cc2/C1=C/c1[nH]c2c(c1CCC(=O)N1CCOCC1)C(=O)CCC2. The predicted octanol–water partition coefficient (Wildman–Crippen LogP) is 3.62. The van der Waals surface area contributed by atoms with E-state index in [-0.39, 0.29) is 28.9 Å². The van der Waals surface area contributed by atoms with Crippen LogP contribution in [-0.2, 0) is 37.2 Å². The van der Waals surface area contributed by atoms with Crippen LogP contribution in [0, 0.1) is 0 Å². The van der Waals surface area contributed by atoms with Gasteiger partial charge in [0.15, 0.2) is 5.78 Å². The molecule has 0 unspecified atom stereocenters. The Balaban J connectivity index is 1.33.